The normalized spacial score (nSPS) is 20.2. The lowest BCUT2D eigenvalue weighted by Crippen LogP contribution is -2.50. The Hall–Kier alpha value is -2.37. The van der Waals surface area contributed by atoms with Gasteiger partial charge >= 0.3 is 5.97 Å². The molecule has 136 valence electrons. The maximum absolute atomic E-state index is 12.5. The summed E-state index contributed by atoms with van der Waals surface area (Å²) in [6, 6.07) is 4.87. The highest BCUT2D eigenvalue weighted by Gasteiger charge is 2.42. The first-order valence-electron chi connectivity index (χ1n) is 8.64. The second-order valence-electron chi connectivity index (χ2n) is 6.97. The molecule has 0 radical (unpaired) electrons. The highest BCUT2D eigenvalue weighted by molar-refractivity contribution is 5.80. The molecule has 1 aliphatic heterocycles. The Morgan fingerprint density at radius 2 is 2.08 bits per heavy atom. The molecule has 1 atom stereocenters. The number of carbonyl (C=O) groups excluding carboxylic acids is 1. The van der Waals surface area contributed by atoms with E-state index in [9.17, 15) is 19.5 Å². The van der Waals surface area contributed by atoms with Gasteiger partial charge in [0.15, 0.2) is 0 Å². The molecule has 0 aliphatic carbocycles. The third kappa shape index (κ3) is 4.81. The number of amides is 1. The molecule has 1 aromatic rings. The minimum atomic E-state index is -0.908. The number of aromatic nitrogens is 1. The van der Waals surface area contributed by atoms with Gasteiger partial charge in [-0.25, -0.2) is 0 Å². The lowest BCUT2D eigenvalue weighted by molar-refractivity contribution is -0.154. The standard InChI is InChI=1S/C19H26N2O4/c1-15(2)7-10-19(18(24)25)9-5-12-21(14-19)17(23)8-13-20-11-4-3-6-16(20)22/h3-4,6-7,11H,5,8-10,12-14H2,1-2H3,(H,24,25). The van der Waals surface area contributed by atoms with Crippen LogP contribution in [0.25, 0.3) is 0 Å². The number of nitrogens with zero attached hydrogens (tertiary/aromatic N) is 2. The van der Waals surface area contributed by atoms with Crippen LogP contribution in [0, 0.1) is 5.41 Å². The zero-order valence-electron chi connectivity index (χ0n) is 14.9. The summed E-state index contributed by atoms with van der Waals surface area (Å²) in [6.45, 7) is 5.00. The van der Waals surface area contributed by atoms with Crippen molar-refractivity contribution in [3.05, 3.63) is 46.4 Å². The summed E-state index contributed by atoms with van der Waals surface area (Å²) >= 11 is 0. The van der Waals surface area contributed by atoms with E-state index in [1.807, 2.05) is 19.9 Å². The van der Waals surface area contributed by atoms with Crippen molar-refractivity contribution in [3.8, 4) is 0 Å². The molecule has 0 spiro atoms. The fourth-order valence-corrected chi connectivity index (χ4v) is 3.19. The average molecular weight is 346 g/mol. The lowest BCUT2D eigenvalue weighted by Gasteiger charge is -2.39. The Kier molecular flexibility index (Phi) is 6.17. The van der Waals surface area contributed by atoms with Crippen molar-refractivity contribution in [2.45, 2.75) is 46.1 Å². The summed E-state index contributed by atoms with van der Waals surface area (Å²) < 4.78 is 1.50. The molecule has 0 saturated carbocycles. The van der Waals surface area contributed by atoms with Crippen LogP contribution in [0.3, 0.4) is 0 Å². The third-order valence-electron chi connectivity index (χ3n) is 4.75. The Labute approximate surface area is 147 Å². The number of piperidine rings is 1. The van der Waals surface area contributed by atoms with E-state index in [0.29, 0.717) is 32.4 Å². The van der Waals surface area contributed by atoms with E-state index in [1.54, 1.807) is 23.2 Å². The topological polar surface area (TPSA) is 79.6 Å². The van der Waals surface area contributed by atoms with Crippen LogP contribution in [0.15, 0.2) is 40.8 Å². The zero-order valence-corrected chi connectivity index (χ0v) is 14.9. The monoisotopic (exact) mass is 346 g/mol. The molecule has 0 aromatic carbocycles. The molecule has 2 heterocycles. The number of allylic oxidation sites excluding steroid dienone is 2. The maximum atomic E-state index is 12.5. The van der Waals surface area contributed by atoms with E-state index >= 15 is 0 Å². The zero-order chi connectivity index (χ0) is 18.4. The van der Waals surface area contributed by atoms with Crippen molar-refractivity contribution in [2.75, 3.05) is 13.1 Å². The number of pyridine rings is 1. The molecule has 6 heteroatoms. The Bertz CT molecular complexity index is 718. The van der Waals surface area contributed by atoms with Gasteiger partial charge in [-0.3, -0.25) is 14.4 Å². The SMILES string of the molecule is CC(C)=CCC1(C(=O)O)CCCN(C(=O)CCn2ccccc2=O)C1. The fraction of sp³-hybridized carbons (Fsp3) is 0.526. The van der Waals surface area contributed by atoms with E-state index in [-0.39, 0.29) is 24.4 Å². The minimum Gasteiger partial charge on any atom is -0.481 e. The van der Waals surface area contributed by atoms with E-state index in [4.69, 9.17) is 0 Å². The van der Waals surface area contributed by atoms with Gasteiger partial charge in [0.2, 0.25) is 5.91 Å². The van der Waals surface area contributed by atoms with E-state index in [2.05, 4.69) is 0 Å². The quantitative estimate of drug-likeness (QED) is 0.802. The first-order valence-corrected chi connectivity index (χ1v) is 8.64. The summed E-state index contributed by atoms with van der Waals surface area (Å²) in [5.41, 5.74) is 0.0271. The van der Waals surface area contributed by atoms with Crippen LogP contribution in [0.5, 0.6) is 0 Å². The summed E-state index contributed by atoms with van der Waals surface area (Å²) in [6.07, 6.45) is 5.48. The Balaban J connectivity index is 2.04. The van der Waals surface area contributed by atoms with Gasteiger partial charge in [0.05, 0.1) is 5.41 Å². The summed E-state index contributed by atoms with van der Waals surface area (Å²) in [5, 5.41) is 9.73. The largest absolute Gasteiger partial charge is 0.481 e. The van der Waals surface area contributed by atoms with E-state index < -0.39 is 11.4 Å². The number of likely N-dealkylation sites (tertiary alicyclic amines) is 1. The predicted molar refractivity (Wildman–Crippen MR) is 95.2 cm³/mol. The van der Waals surface area contributed by atoms with Crippen molar-refractivity contribution in [1.82, 2.24) is 9.47 Å². The number of carboxylic acids is 1. The van der Waals surface area contributed by atoms with Gasteiger partial charge in [0.1, 0.15) is 0 Å². The molecule has 6 nitrogen and oxygen atoms in total. The van der Waals surface area contributed by atoms with Crippen molar-refractivity contribution in [1.29, 1.82) is 0 Å². The van der Waals surface area contributed by atoms with Crippen molar-refractivity contribution < 1.29 is 14.7 Å². The van der Waals surface area contributed by atoms with E-state index in [0.717, 1.165) is 5.57 Å². The number of carbonyl (C=O) groups is 2. The third-order valence-corrected chi connectivity index (χ3v) is 4.75. The highest BCUT2D eigenvalue weighted by atomic mass is 16.4. The molecule has 1 fully saturated rings. The first kappa shape index (κ1) is 19.0. The van der Waals surface area contributed by atoms with Crippen LogP contribution >= 0.6 is 0 Å². The molecular weight excluding hydrogens is 320 g/mol. The van der Waals surface area contributed by atoms with Crippen LogP contribution in [0.4, 0.5) is 0 Å². The molecule has 1 saturated heterocycles. The molecule has 0 bridgehead atoms. The minimum absolute atomic E-state index is 0.0988. The molecule has 1 N–H and O–H groups in total. The maximum Gasteiger partial charge on any atom is 0.311 e. The number of carboxylic acid groups (broad SMARTS) is 1. The molecule has 1 unspecified atom stereocenters. The fourth-order valence-electron chi connectivity index (χ4n) is 3.19. The van der Waals surface area contributed by atoms with Crippen LogP contribution in [0.2, 0.25) is 0 Å². The summed E-state index contributed by atoms with van der Waals surface area (Å²) in [5.74, 6) is -0.944. The molecule has 1 aliphatic rings. The smallest absolute Gasteiger partial charge is 0.311 e. The molecule has 1 aromatic heterocycles. The van der Waals surface area contributed by atoms with Gasteiger partial charge in [-0.15, -0.1) is 0 Å². The predicted octanol–water partition coefficient (Wildman–Crippen LogP) is 2.29. The second kappa shape index (κ2) is 8.14. The second-order valence-corrected chi connectivity index (χ2v) is 6.97. The number of hydrogen-bond donors (Lipinski definition) is 1. The number of aryl methyl sites for hydroxylation is 1. The van der Waals surface area contributed by atoms with Gasteiger partial charge in [-0.1, -0.05) is 17.7 Å². The summed E-state index contributed by atoms with van der Waals surface area (Å²) in [7, 11) is 0. The van der Waals surface area contributed by atoms with Gasteiger partial charge in [-0.05, 0) is 39.2 Å². The van der Waals surface area contributed by atoms with Gasteiger partial charge < -0.3 is 14.6 Å². The van der Waals surface area contributed by atoms with Crippen LogP contribution in [-0.2, 0) is 16.1 Å². The van der Waals surface area contributed by atoms with Crippen LogP contribution < -0.4 is 5.56 Å². The first-order chi connectivity index (χ1) is 11.8. The summed E-state index contributed by atoms with van der Waals surface area (Å²) in [4.78, 5) is 37.7. The molecule has 1 amide bonds. The van der Waals surface area contributed by atoms with Crippen molar-refractivity contribution in [2.24, 2.45) is 5.41 Å². The Morgan fingerprint density at radius 3 is 2.72 bits per heavy atom. The van der Waals surface area contributed by atoms with Crippen LogP contribution in [-0.4, -0.2) is 39.5 Å². The van der Waals surface area contributed by atoms with E-state index in [1.165, 1.54) is 10.6 Å². The van der Waals surface area contributed by atoms with Crippen molar-refractivity contribution in [3.63, 3.8) is 0 Å². The molecular formula is C19H26N2O4. The van der Waals surface area contributed by atoms with Gasteiger partial charge in [-0.2, -0.15) is 0 Å². The number of hydrogen-bond acceptors (Lipinski definition) is 3. The van der Waals surface area contributed by atoms with Crippen LogP contribution in [0.1, 0.15) is 39.5 Å². The highest BCUT2D eigenvalue weighted by Crippen LogP contribution is 2.35. The van der Waals surface area contributed by atoms with Crippen molar-refractivity contribution >= 4 is 11.9 Å². The average Bonchev–Trinajstić information content (AvgIpc) is 2.59. The van der Waals surface area contributed by atoms with Gasteiger partial charge in [0, 0.05) is 38.3 Å². The molecule has 25 heavy (non-hydrogen) atoms. The number of aliphatic carboxylic acids is 1. The number of rotatable bonds is 6. The Morgan fingerprint density at radius 1 is 1.32 bits per heavy atom. The van der Waals surface area contributed by atoms with Gasteiger partial charge in [0.25, 0.3) is 5.56 Å². The lowest BCUT2D eigenvalue weighted by atomic mass is 9.76. The molecule has 2 rings (SSSR count).